The van der Waals surface area contributed by atoms with E-state index < -0.39 is 17.9 Å². The standard InChI is InChI=1S/C21H23NO5S/c1-5-25-20(23)17-12(3)22-13(4)18(21(24)26-6-2)19(17)16-10-9-15(28-16)14-8-7-11-27-14/h7-11,19,22H,5-6H2,1-4H3. The Morgan fingerprint density at radius 3 is 2.14 bits per heavy atom. The van der Waals surface area contributed by atoms with Gasteiger partial charge in [-0.05, 0) is 52.0 Å². The number of carbonyl (C=O) groups excluding carboxylic acids is 2. The Morgan fingerprint density at radius 1 is 1.04 bits per heavy atom. The van der Waals surface area contributed by atoms with Gasteiger partial charge >= 0.3 is 11.9 Å². The van der Waals surface area contributed by atoms with Gasteiger partial charge in [0.05, 0.1) is 41.4 Å². The monoisotopic (exact) mass is 401 g/mol. The normalized spacial score (nSPS) is 14.9. The molecule has 0 aliphatic carbocycles. The molecule has 6 nitrogen and oxygen atoms in total. The molecule has 1 aliphatic heterocycles. The SMILES string of the molecule is CCOC(=O)C1=C(C)NC(C)=C(C(=O)OCC)C1c1ccc(-c2ccco2)s1. The minimum absolute atomic E-state index is 0.252. The average Bonchev–Trinajstić information content (AvgIpc) is 3.33. The van der Waals surface area contributed by atoms with Gasteiger partial charge in [0, 0.05) is 16.3 Å². The molecule has 0 radical (unpaired) electrons. The molecule has 0 unspecified atom stereocenters. The van der Waals surface area contributed by atoms with Crippen molar-refractivity contribution in [2.75, 3.05) is 13.2 Å². The fourth-order valence-corrected chi connectivity index (χ4v) is 4.39. The van der Waals surface area contributed by atoms with Gasteiger partial charge in [-0.3, -0.25) is 0 Å². The summed E-state index contributed by atoms with van der Waals surface area (Å²) in [7, 11) is 0. The van der Waals surface area contributed by atoms with Crippen LogP contribution in [0, 0.1) is 0 Å². The van der Waals surface area contributed by atoms with Crippen molar-refractivity contribution in [2.24, 2.45) is 0 Å². The molecule has 0 aromatic carbocycles. The first-order chi connectivity index (χ1) is 13.5. The number of carbonyl (C=O) groups is 2. The van der Waals surface area contributed by atoms with E-state index in [1.54, 1.807) is 20.1 Å². The molecule has 0 spiro atoms. The lowest BCUT2D eigenvalue weighted by Gasteiger charge is -2.29. The molecular weight excluding hydrogens is 378 g/mol. The van der Waals surface area contributed by atoms with E-state index in [-0.39, 0.29) is 13.2 Å². The van der Waals surface area contributed by atoms with E-state index in [0.717, 1.165) is 15.5 Å². The summed E-state index contributed by atoms with van der Waals surface area (Å²) in [5, 5.41) is 3.14. The molecule has 28 heavy (non-hydrogen) atoms. The van der Waals surface area contributed by atoms with E-state index in [9.17, 15) is 9.59 Å². The van der Waals surface area contributed by atoms with Crippen LogP contribution in [0.5, 0.6) is 0 Å². The Morgan fingerprint density at radius 2 is 1.64 bits per heavy atom. The van der Waals surface area contributed by atoms with Gasteiger partial charge in [0.2, 0.25) is 0 Å². The molecule has 0 bridgehead atoms. The van der Waals surface area contributed by atoms with Crippen LogP contribution in [-0.2, 0) is 19.1 Å². The van der Waals surface area contributed by atoms with Gasteiger partial charge in [0.15, 0.2) is 0 Å². The number of furan rings is 1. The minimum Gasteiger partial charge on any atom is -0.464 e. The van der Waals surface area contributed by atoms with Crippen LogP contribution in [0.4, 0.5) is 0 Å². The first-order valence-electron chi connectivity index (χ1n) is 9.14. The number of hydrogen-bond donors (Lipinski definition) is 1. The molecule has 0 amide bonds. The molecule has 3 heterocycles. The average molecular weight is 401 g/mol. The van der Waals surface area contributed by atoms with Gasteiger partial charge in [-0.2, -0.15) is 0 Å². The summed E-state index contributed by atoms with van der Waals surface area (Å²) in [5.41, 5.74) is 2.18. The second-order valence-corrected chi connectivity index (χ2v) is 7.37. The Hall–Kier alpha value is -2.80. The summed E-state index contributed by atoms with van der Waals surface area (Å²) in [5.74, 6) is -0.713. The molecule has 1 aliphatic rings. The first kappa shape index (κ1) is 19.9. The summed E-state index contributed by atoms with van der Waals surface area (Å²) in [6, 6.07) is 7.54. The van der Waals surface area contributed by atoms with Crippen molar-refractivity contribution < 1.29 is 23.5 Å². The maximum atomic E-state index is 12.8. The van der Waals surface area contributed by atoms with E-state index in [1.807, 2.05) is 38.1 Å². The lowest BCUT2D eigenvalue weighted by molar-refractivity contribution is -0.139. The highest BCUT2D eigenvalue weighted by Gasteiger charge is 2.38. The molecule has 0 saturated carbocycles. The number of thiophene rings is 1. The predicted octanol–water partition coefficient (Wildman–Crippen LogP) is 4.37. The fourth-order valence-electron chi connectivity index (χ4n) is 3.30. The van der Waals surface area contributed by atoms with Crippen molar-refractivity contribution in [1.82, 2.24) is 5.32 Å². The zero-order chi connectivity index (χ0) is 20.3. The van der Waals surface area contributed by atoms with E-state index in [1.165, 1.54) is 11.3 Å². The quantitative estimate of drug-likeness (QED) is 0.724. The third-order valence-electron chi connectivity index (χ3n) is 4.43. The highest BCUT2D eigenvalue weighted by atomic mass is 32.1. The molecule has 2 aromatic rings. The zero-order valence-electron chi connectivity index (χ0n) is 16.3. The van der Waals surface area contributed by atoms with Crippen LogP contribution in [0.15, 0.2) is 57.5 Å². The van der Waals surface area contributed by atoms with Crippen LogP contribution < -0.4 is 5.32 Å². The van der Waals surface area contributed by atoms with Crippen LogP contribution in [-0.4, -0.2) is 25.2 Å². The molecular formula is C21H23NO5S. The van der Waals surface area contributed by atoms with Crippen LogP contribution in [0.3, 0.4) is 0 Å². The molecule has 3 rings (SSSR count). The van der Waals surface area contributed by atoms with Crippen LogP contribution >= 0.6 is 11.3 Å². The van der Waals surface area contributed by atoms with Gasteiger partial charge in [-0.15, -0.1) is 11.3 Å². The molecule has 1 N–H and O–H groups in total. The van der Waals surface area contributed by atoms with Crippen molar-refractivity contribution >= 4 is 23.3 Å². The molecule has 7 heteroatoms. The van der Waals surface area contributed by atoms with E-state index in [4.69, 9.17) is 13.9 Å². The predicted molar refractivity (Wildman–Crippen MR) is 107 cm³/mol. The summed E-state index contributed by atoms with van der Waals surface area (Å²) >= 11 is 1.47. The molecule has 0 fully saturated rings. The number of rotatable bonds is 6. The minimum atomic E-state index is -0.562. The number of nitrogens with one attached hydrogen (secondary N) is 1. The third kappa shape index (κ3) is 3.75. The third-order valence-corrected chi connectivity index (χ3v) is 5.59. The smallest absolute Gasteiger partial charge is 0.336 e. The second kappa shape index (κ2) is 8.48. The van der Waals surface area contributed by atoms with E-state index in [0.29, 0.717) is 22.5 Å². The van der Waals surface area contributed by atoms with Gasteiger partial charge < -0.3 is 19.2 Å². The van der Waals surface area contributed by atoms with Crippen molar-refractivity contribution in [3.05, 3.63) is 57.9 Å². The number of hydrogen-bond acceptors (Lipinski definition) is 7. The molecule has 2 aromatic heterocycles. The maximum Gasteiger partial charge on any atom is 0.336 e. The van der Waals surface area contributed by atoms with Gasteiger partial charge in [0.25, 0.3) is 0 Å². The lowest BCUT2D eigenvalue weighted by Crippen LogP contribution is -2.32. The van der Waals surface area contributed by atoms with Crippen molar-refractivity contribution in [3.63, 3.8) is 0 Å². The number of ether oxygens (including phenoxy) is 2. The maximum absolute atomic E-state index is 12.8. The summed E-state index contributed by atoms with van der Waals surface area (Å²) < 4.78 is 16.0. The number of allylic oxidation sites excluding steroid dienone is 2. The van der Waals surface area contributed by atoms with E-state index >= 15 is 0 Å². The topological polar surface area (TPSA) is 77.8 Å². The summed E-state index contributed by atoms with van der Waals surface area (Å²) in [6.45, 7) is 7.64. The van der Waals surface area contributed by atoms with Crippen LogP contribution in [0.25, 0.3) is 10.6 Å². The second-order valence-electron chi connectivity index (χ2n) is 6.26. The summed E-state index contributed by atoms with van der Waals surface area (Å²) in [4.78, 5) is 27.3. The van der Waals surface area contributed by atoms with Gasteiger partial charge in [-0.1, -0.05) is 0 Å². The highest BCUT2D eigenvalue weighted by molar-refractivity contribution is 7.15. The Balaban J connectivity index is 2.12. The van der Waals surface area contributed by atoms with Crippen LogP contribution in [0.2, 0.25) is 0 Å². The van der Waals surface area contributed by atoms with Crippen LogP contribution in [0.1, 0.15) is 38.5 Å². The molecule has 148 valence electrons. The van der Waals surface area contributed by atoms with Gasteiger partial charge in [-0.25, -0.2) is 9.59 Å². The Bertz CT molecular complexity index is 896. The summed E-state index contributed by atoms with van der Waals surface area (Å²) in [6.07, 6.45) is 1.61. The first-order valence-corrected chi connectivity index (χ1v) is 9.95. The van der Waals surface area contributed by atoms with Gasteiger partial charge in [0.1, 0.15) is 5.76 Å². The van der Waals surface area contributed by atoms with E-state index in [2.05, 4.69) is 5.32 Å². The number of esters is 2. The fraction of sp³-hybridized carbons (Fsp3) is 0.333. The van der Waals surface area contributed by atoms with Crippen molar-refractivity contribution in [2.45, 2.75) is 33.6 Å². The largest absolute Gasteiger partial charge is 0.464 e. The van der Waals surface area contributed by atoms with Crippen molar-refractivity contribution in [3.8, 4) is 10.6 Å². The lowest BCUT2D eigenvalue weighted by atomic mass is 9.84. The Kier molecular flexibility index (Phi) is 6.04. The van der Waals surface area contributed by atoms with Crippen molar-refractivity contribution in [1.29, 1.82) is 0 Å². The highest BCUT2D eigenvalue weighted by Crippen LogP contribution is 2.43. The zero-order valence-corrected chi connectivity index (χ0v) is 17.1. The number of dihydropyridines is 1. The Labute approximate surface area is 167 Å². The molecule has 0 atom stereocenters. The molecule has 0 saturated heterocycles.